The van der Waals surface area contributed by atoms with Crippen LogP contribution in [0.25, 0.3) is 0 Å². The summed E-state index contributed by atoms with van der Waals surface area (Å²) < 4.78 is 17.4. The number of unbranched alkanes of at least 4 members (excludes halogenated alkanes) is 2. The van der Waals surface area contributed by atoms with Crippen molar-refractivity contribution in [1.82, 2.24) is 0 Å². The number of hydrogen-bond acceptors (Lipinski definition) is 4. The van der Waals surface area contributed by atoms with E-state index in [0.717, 1.165) is 42.9 Å². The van der Waals surface area contributed by atoms with Crippen LogP contribution in [0.3, 0.4) is 0 Å². The molecule has 0 fully saturated rings. The lowest BCUT2D eigenvalue weighted by molar-refractivity contribution is 0.0283. The largest absolute Gasteiger partial charge is 0.490 e. The zero-order chi connectivity index (χ0) is 23.1. The maximum atomic E-state index is 12.4. The third-order valence-corrected chi connectivity index (χ3v) is 5.13. The summed E-state index contributed by atoms with van der Waals surface area (Å²) in [5.74, 6) is 2.07. The monoisotopic (exact) mass is 444 g/mol. The Bertz CT molecular complexity index is 966. The summed E-state index contributed by atoms with van der Waals surface area (Å²) in [5.41, 5.74) is 0.588. The molecule has 3 rings (SSSR count). The normalized spacial score (nSPS) is 11.8. The van der Waals surface area contributed by atoms with E-state index in [1.807, 2.05) is 84.9 Å². The molecule has 3 aromatic carbocycles. The van der Waals surface area contributed by atoms with Crippen molar-refractivity contribution in [2.24, 2.45) is 0 Å². The predicted molar refractivity (Wildman–Crippen MR) is 132 cm³/mol. The third-order valence-electron chi connectivity index (χ3n) is 5.13. The highest BCUT2D eigenvalue weighted by atomic mass is 16.5. The fraction of sp³-hybridized carbons (Fsp3) is 0.276. The van der Waals surface area contributed by atoms with Gasteiger partial charge in [-0.05, 0) is 61.4 Å². The molecule has 0 saturated heterocycles. The van der Waals surface area contributed by atoms with Crippen molar-refractivity contribution >= 4 is 5.97 Å². The minimum atomic E-state index is -0.264. The Morgan fingerprint density at radius 2 is 1.42 bits per heavy atom. The van der Waals surface area contributed by atoms with Crippen LogP contribution in [0, 0.1) is 0 Å². The van der Waals surface area contributed by atoms with Crippen LogP contribution in [-0.4, -0.2) is 18.7 Å². The molecule has 0 spiro atoms. The van der Waals surface area contributed by atoms with Gasteiger partial charge in [-0.1, -0.05) is 68.3 Å². The molecular formula is C29H32O4. The van der Waals surface area contributed by atoms with E-state index in [9.17, 15) is 4.79 Å². The molecule has 0 radical (unpaired) electrons. The number of carbonyl (C=O) groups excluding carboxylic acids is 1. The molecule has 33 heavy (non-hydrogen) atoms. The van der Waals surface area contributed by atoms with Crippen molar-refractivity contribution in [3.8, 4) is 17.2 Å². The van der Waals surface area contributed by atoms with E-state index in [4.69, 9.17) is 14.2 Å². The fourth-order valence-corrected chi connectivity index (χ4v) is 3.33. The summed E-state index contributed by atoms with van der Waals surface area (Å²) in [6.07, 6.45) is 8.73. The van der Waals surface area contributed by atoms with Gasteiger partial charge in [0.15, 0.2) is 0 Å². The smallest absolute Gasteiger partial charge is 0.338 e. The molecule has 1 atom stereocenters. The zero-order valence-corrected chi connectivity index (χ0v) is 19.2. The highest BCUT2D eigenvalue weighted by Gasteiger charge is 2.14. The van der Waals surface area contributed by atoms with Crippen LogP contribution in [0.2, 0.25) is 0 Å². The highest BCUT2D eigenvalue weighted by molar-refractivity contribution is 5.89. The Hall–Kier alpha value is -3.53. The van der Waals surface area contributed by atoms with Crippen molar-refractivity contribution in [2.75, 3.05) is 6.61 Å². The summed E-state index contributed by atoms with van der Waals surface area (Å²) in [6, 6.07) is 26.4. The van der Waals surface area contributed by atoms with Gasteiger partial charge in [0.1, 0.15) is 30.0 Å². The van der Waals surface area contributed by atoms with E-state index in [0.29, 0.717) is 18.6 Å². The highest BCUT2D eigenvalue weighted by Crippen LogP contribution is 2.23. The molecular weight excluding hydrogens is 412 g/mol. The quantitative estimate of drug-likeness (QED) is 0.155. The lowest BCUT2D eigenvalue weighted by Gasteiger charge is -2.16. The summed E-state index contributed by atoms with van der Waals surface area (Å²) in [7, 11) is 0. The minimum absolute atomic E-state index is 0.130. The van der Waals surface area contributed by atoms with Gasteiger partial charge in [-0.25, -0.2) is 4.79 Å². The van der Waals surface area contributed by atoms with Crippen molar-refractivity contribution < 1.29 is 19.0 Å². The number of carbonyl (C=O) groups is 1. The van der Waals surface area contributed by atoms with Crippen LogP contribution >= 0.6 is 0 Å². The van der Waals surface area contributed by atoms with Gasteiger partial charge >= 0.3 is 5.97 Å². The van der Waals surface area contributed by atoms with E-state index in [1.54, 1.807) is 12.1 Å². The Balaban J connectivity index is 1.44. The van der Waals surface area contributed by atoms with Gasteiger partial charge in [-0.3, -0.25) is 0 Å². The molecule has 0 aliphatic rings. The molecule has 0 aliphatic carbocycles. The first-order valence-corrected chi connectivity index (χ1v) is 11.6. The predicted octanol–water partition coefficient (Wildman–Crippen LogP) is 7.61. The van der Waals surface area contributed by atoms with Gasteiger partial charge in [-0.15, -0.1) is 0 Å². The van der Waals surface area contributed by atoms with E-state index in [2.05, 4.69) is 6.92 Å². The molecule has 0 aliphatic heterocycles. The number of esters is 1. The van der Waals surface area contributed by atoms with Gasteiger partial charge in [0, 0.05) is 6.42 Å². The number of ether oxygens (including phenoxy) is 3. The molecule has 4 nitrogen and oxygen atoms in total. The summed E-state index contributed by atoms with van der Waals surface area (Å²) in [5, 5.41) is 0. The second-order valence-electron chi connectivity index (χ2n) is 7.79. The standard InChI is InChI=1S/C29H32O4/c1-2-3-6-15-27(33-29(30)24-13-7-4-8-14-24)18-11-12-23-31-25-19-21-28(22-20-25)32-26-16-9-5-10-17-26/h4-5,7-14,16-17,19-22,27H,2-3,6,15,18,23H2,1H3/b12-11+. The number of rotatable bonds is 13. The summed E-state index contributed by atoms with van der Waals surface area (Å²) in [4.78, 5) is 12.4. The second-order valence-corrected chi connectivity index (χ2v) is 7.79. The molecule has 0 N–H and O–H groups in total. The average molecular weight is 445 g/mol. The van der Waals surface area contributed by atoms with Crippen molar-refractivity contribution in [1.29, 1.82) is 0 Å². The van der Waals surface area contributed by atoms with E-state index < -0.39 is 0 Å². The van der Waals surface area contributed by atoms with Crippen molar-refractivity contribution in [2.45, 2.75) is 45.1 Å². The molecule has 0 aromatic heterocycles. The first-order valence-electron chi connectivity index (χ1n) is 11.6. The molecule has 172 valence electrons. The molecule has 4 heteroatoms. The van der Waals surface area contributed by atoms with Crippen molar-refractivity contribution in [3.63, 3.8) is 0 Å². The number of para-hydroxylation sites is 1. The van der Waals surface area contributed by atoms with Crippen LogP contribution < -0.4 is 9.47 Å². The SMILES string of the molecule is CCCCCC(C/C=C/COc1ccc(Oc2ccccc2)cc1)OC(=O)c1ccccc1. The van der Waals surface area contributed by atoms with Gasteiger partial charge in [0.25, 0.3) is 0 Å². The maximum Gasteiger partial charge on any atom is 0.338 e. The van der Waals surface area contributed by atoms with Crippen LogP contribution in [0.4, 0.5) is 0 Å². The Morgan fingerprint density at radius 1 is 0.788 bits per heavy atom. The molecule has 0 bridgehead atoms. The van der Waals surface area contributed by atoms with E-state index in [-0.39, 0.29) is 12.1 Å². The summed E-state index contributed by atoms with van der Waals surface area (Å²) in [6.45, 7) is 2.62. The lowest BCUT2D eigenvalue weighted by Crippen LogP contribution is -2.18. The molecule has 3 aromatic rings. The van der Waals surface area contributed by atoms with Crippen LogP contribution in [-0.2, 0) is 4.74 Å². The van der Waals surface area contributed by atoms with Crippen molar-refractivity contribution in [3.05, 3.63) is 103 Å². The van der Waals surface area contributed by atoms with Crippen LogP contribution in [0.15, 0.2) is 97.1 Å². The molecule has 1 unspecified atom stereocenters. The minimum Gasteiger partial charge on any atom is -0.490 e. The fourth-order valence-electron chi connectivity index (χ4n) is 3.33. The molecule has 0 saturated carbocycles. The van der Waals surface area contributed by atoms with E-state index in [1.165, 1.54) is 0 Å². The summed E-state index contributed by atoms with van der Waals surface area (Å²) >= 11 is 0. The zero-order valence-electron chi connectivity index (χ0n) is 19.2. The van der Waals surface area contributed by atoms with Crippen LogP contribution in [0.5, 0.6) is 17.2 Å². The Labute approximate surface area is 196 Å². The van der Waals surface area contributed by atoms with Gasteiger partial charge in [0.05, 0.1) is 5.56 Å². The topological polar surface area (TPSA) is 44.8 Å². The van der Waals surface area contributed by atoms with Gasteiger partial charge < -0.3 is 14.2 Å². The van der Waals surface area contributed by atoms with Gasteiger partial charge in [0.2, 0.25) is 0 Å². The lowest BCUT2D eigenvalue weighted by atomic mass is 10.1. The Morgan fingerprint density at radius 3 is 2.12 bits per heavy atom. The van der Waals surface area contributed by atoms with Crippen LogP contribution in [0.1, 0.15) is 49.4 Å². The number of benzene rings is 3. The Kier molecular flexibility index (Phi) is 10.1. The molecule has 0 heterocycles. The maximum absolute atomic E-state index is 12.4. The molecule has 0 amide bonds. The average Bonchev–Trinajstić information content (AvgIpc) is 2.86. The first kappa shape index (κ1) is 24.1. The van der Waals surface area contributed by atoms with E-state index >= 15 is 0 Å². The van der Waals surface area contributed by atoms with Gasteiger partial charge in [-0.2, -0.15) is 0 Å². The first-order chi connectivity index (χ1) is 16.2. The second kappa shape index (κ2) is 13.8. The number of hydrogen-bond donors (Lipinski definition) is 0. The third kappa shape index (κ3) is 8.85.